The molecule has 104 valence electrons. The molecule has 0 spiro atoms. The first-order chi connectivity index (χ1) is 9.22. The van der Waals surface area contributed by atoms with Crippen LogP contribution in [-0.2, 0) is 6.42 Å². The van der Waals surface area contributed by atoms with Crippen LogP contribution < -0.4 is 10.1 Å². The van der Waals surface area contributed by atoms with Crippen LogP contribution in [0.4, 0.5) is 5.69 Å². The van der Waals surface area contributed by atoms with Crippen molar-refractivity contribution in [3.63, 3.8) is 0 Å². The van der Waals surface area contributed by atoms with Crippen molar-refractivity contribution < 1.29 is 4.74 Å². The second-order valence-corrected chi connectivity index (χ2v) is 6.39. The molecule has 2 nitrogen and oxygen atoms in total. The Morgan fingerprint density at radius 2 is 1.95 bits per heavy atom. The predicted molar refractivity (Wildman–Crippen MR) is 79.8 cm³/mol. The standard InChI is InChI=1S/C17H25NO/c1-12(2)13-3-5-15(6-4-13)19-16-7-8-17-14(11-16)9-10-18-17/h7-8,11-13,15,18H,3-6,9-10H2,1-2H3. The Morgan fingerprint density at radius 1 is 1.16 bits per heavy atom. The van der Waals surface area contributed by atoms with Gasteiger partial charge < -0.3 is 10.1 Å². The van der Waals surface area contributed by atoms with Gasteiger partial charge in [-0.2, -0.15) is 0 Å². The van der Waals surface area contributed by atoms with Crippen molar-refractivity contribution >= 4 is 5.69 Å². The zero-order valence-electron chi connectivity index (χ0n) is 12.1. The van der Waals surface area contributed by atoms with Gasteiger partial charge in [-0.1, -0.05) is 13.8 Å². The van der Waals surface area contributed by atoms with Gasteiger partial charge in [-0.3, -0.25) is 0 Å². The summed E-state index contributed by atoms with van der Waals surface area (Å²) in [6, 6.07) is 6.51. The monoisotopic (exact) mass is 259 g/mol. The number of hydrogen-bond acceptors (Lipinski definition) is 2. The van der Waals surface area contributed by atoms with Crippen LogP contribution in [0.2, 0.25) is 0 Å². The van der Waals surface area contributed by atoms with Crippen molar-refractivity contribution in [1.82, 2.24) is 0 Å². The molecule has 1 saturated carbocycles. The highest BCUT2D eigenvalue weighted by atomic mass is 16.5. The molecule has 0 radical (unpaired) electrons. The summed E-state index contributed by atoms with van der Waals surface area (Å²) >= 11 is 0. The van der Waals surface area contributed by atoms with Gasteiger partial charge in [-0.15, -0.1) is 0 Å². The number of ether oxygens (including phenoxy) is 1. The smallest absolute Gasteiger partial charge is 0.120 e. The summed E-state index contributed by atoms with van der Waals surface area (Å²) in [6.45, 7) is 5.76. The van der Waals surface area contributed by atoms with Crippen LogP contribution in [0.3, 0.4) is 0 Å². The topological polar surface area (TPSA) is 21.3 Å². The second kappa shape index (κ2) is 5.44. The van der Waals surface area contributed by atoms with Crippen LogP contribution in [0.1, 0.15) is 45.1 Å². The van der Waals surface area contributed by atoms with E-state index in [0.717, 1.165) is 30.6 Å². The first-order valence-electron chi connectivity index (χ1n) is 7.76. The van der Waals surface area contributed by atoms with E-state index in [0.29, 0.717) is 6.10 Å². The van der Waals surface area contributed by atoms with Gasteiger partial charge >= 0.3 is 0 Å². The van der Waals surface area contributed by atoms with Gasteiger partial charge in [-0.25, -0.2) is 0 Å². The van der Waals surface area contributed by atoms with Crippen LogP contribution >= 0.6 is 0 Å². The van der Waals surface area contributed by atoms with Gasteiger partial charge in [0.2, 0.25) is 0 Å². The zero-order chi connectivity index (χ0) is 13.2. The number of hydrogen-bond donors (Lipinski definition) is 1. The van der Waals surface area contributed by atoms with Gasteiger partial charge in [0.25, 0.3) is 0 Å². The van der Waals surface area contributed by atoms with Crippen molar-refractivity contribution in [2.24, 2.45) is 11.8 Å². The minimum absolute atomic E-state index is 0.433. The van der Waals surface area contributed by atoms with Gasteiger partial charge in [-0.05, 0) is 67.7 Å². The van der Waals surface area contributed by atoms with E-state index >= 15 is 0 Å². The number of anilines is 1. The maximum absolute atomic E-state index is 6.18. The molecule has 0 bridgehead atoms. The molecule has 1 aliphatic heterocycles. The largest absolute Gasteiger partial charge is 0.490 e. The molecule has 2 aliphatic rings. The van der Waals surface area contributed by atoms with Gasteiger partial charge in [0.1, 0.15) is 5.75 Å². The minimum atomic E-state index is 0.433. The summed E-state index contributed by atoms with van der Waals surface area (Å²) in [5, 5.41) is 3.39. The lowest BCUT2D eigenvalue weighted by Gasteiger charge is -2.31. The minimum Gasteiger partial charge on any atom is -0.490 e. The van der Waals surface area contributed by atoms with E-state index in [2.05, 4.69) is 37.4 Å². The molecule has 1 N–H and O–H groups in total. The third-order valence-electron chi connectivity index (χ3n) is 4.75. The summed E-state index contributed by atoms with van der Waals surface area (Å²) < 4.78 is 6.18. The normalized spacial score (nSPS) is 26.1. The fraction of sp³-hybridized carbons (Fsp3) is 0.647. The quantitative estimate of drug-likeness (QED) is 0.876. The Kier molecular flexibility index (Phi) is 3.67. The second-order valence-electron chi connectivity index (χ2n) is 6.39. The van der Waals surface area contributed by atoms with Crippen LogP contribution in [0.5, 0.6) is 5.75 Å². The molecule has 0 saturated heterocycles. The number of rotatable bonds is 3. The van der Waals surface area contributed by atoms with E-state index in [1.165, 1.54) is 36.9 Å². The van der Waals surface area contributed by atoms with Crippen LogP contribution in [0, 0.1) is 11.8 Å². The molecule has 19 heavy (non-hydrogen) atoms. The molecule has 1 aromatic rings. The van der Waals surface area contributed by atoms with Crippen molar-refractivity contribution in [2.45, 2.75) is 52.1 Å². The van der Waals surface area contributed by atoms with Crippen molar-refractivity contribution in [3.8, 4) is 5.75 Å². The summed E-state index contributed by atoms with van der Waals surface area (Å²) in [6.07, 6.45) is 6.66. The highest BCUT2D eigenvalue weighted by Gasteiger charge is 2.24. The molecular formula is C17H25NO. The van der Waals surface area contributed by atoms with E-state index in [-0.39, 0.29) is 0 Å². The number of fused-ring (bicyclic) bond motifs is 1. The van der Waals surface area contributed by atoms with E-state index in [9.17, 15) is 0 Å². The highest BCUT2D eigenvalue weighted by molar-refractivity contribution is 5.57. The predicted octanol–water partition coefficient (Wildman–Crippen LogP) is 4.25. The fourth-order valence-corrected chi connectivity index (χ4v) is 3.42. The van der Waals surface area contributed by atoms with E-state index in [1.807, 2.05) is 0 Å². The van der Waals surface area contributed by atoms with Crippen LogP contribution in [0.15, 0.2) is 18.2 Å². The lowest BCUT2D eigenvalue weighted by atomic mass is 9.80. The molecule has 0 aromatic heterocycles. The van der Waals surface area contributed by atoms with Crippen molar-refractivity contribution in [2.75, 3.05) is 11.9 Å². The Bertz CT molecular complexity index is 433. The third-order valence-corrected chi connectivity index (χ3v) is 4.75. The summed E-state index contributed by atoms with van der Waals surface area (Å²) in [5.74, 6) is 2.80. The number of nitrogens with one attached hydrogen (secondary N) is 1. The average Bonchev–Trinajstić information content (AvgIpc) is 2.87. The Labute approximate surface area is 116 Å². The molecule has 2 heteroatoms. The van der Waals surface area contributed by atoms with E-state index in [4.69, 9.17) is 4.74 Å². The summed E-state index contributed by atoms with van der Waals surface area (Å²) in [5.41, 5.74) is 2.70. The molecule has 1 aromatic carbocycles. The van der Waals surface area contributed by atoms with Gasteiger partial charge in [0, 0.05) is 12.2 Å². The molecule has 0 unspecified atom stereocenters. The molecule has 0 atom stereocenters. The van der Waals surface area contributed by atoms with Crippen LogP contribution in [0.25, 0.3) is 0 Å². The van der Waals surface area contributed by atoms with E-state index < -0.39 is 0 Å². The molecule has 3 rings (SSSR count). The molecule has 1 fully saturated rings. The van der Waals surface area contributed by atoms with Gasteiger partial charge in [0.05, 0.1) is 6.10 Å². The molecule has 1 heterocycles. The first-order valence-corrected chi connectivity index (χ1v) is 7.76. The Balaban J connectivity index is 1.58. The third kappa shape index (κ3) is 2.88. The molecule has 1 aliphatic carbocycles. The summed E-state index contributed by atoms with van der Waals surface area (Å²) in [7, 11) is 0. The Hall–Kier alpha value is -1.18. The number of benzene rings is 1. The maximum atomic E-state index is 6.18. The van der Waals surface area contributed by atoms with Gasteiger partial charge in [0.15, 0.2) is 0 Å². The average molecular weight is 259 g/mol. The van der Waals surface area contributed by atoms with E-state index in [1.54, 1.807) is 0 Å². The first kappa shape index (κ1) is 12.8. The lowest BCUT2D eigenvalue weighted by Crippen LogP contribution is -2.26. The van der Waals surface area contributed by atoms with Crippen molar-refractivity contribution in [3.05, 3.63) is 23.8 Å². The fourth-order valence-electron chi connectivity index (χ4n) is 3.42. The summed E-state index contributed by atoms with van der Waals surface area (Å²) in [4.78, 5) is 0. The highest BCUT2D eigenvalue weighted by Crippen LogP contribution is 2.33. The Morgan fingerprint density at radius 3 is 2.68 bits per heavy atom. The molecule has 0 amide bonds. The van der Waals surface area contributed by atoms with Crippen molar-refractivity contribution in [1.29, 1.82) is 0 Å². The SMILES string of the molecule is CC(C)C1CCC(Oc2ccc3c(c2)CCN3)CC1. The lowest BCUT2D eigenvalue weighted by molar-refractivity contribution is 0.117. The molecular weight excluding hydrogens is 234 g/mol. The zero-order valence-corrected chi connectivity index (χ0v) is 12.1. The van der Waals surface area contributed by atoms with Crippen LogP contribution in [-0.4, -0.2) is 12.6 Å². The maximum Gasteiger partial charge on any atom is 0.120 e.